The second-order valence-electron chi connectivity index (χ2n) is 4.87. The number of nitrogens with zero attached hydrogens (tertiary/aromatic N) is 1. The van der Waals surface area contributed by atoms with Crippen molar-refractivity contribution in [3.63, 3.8) is 0 Å². The highest BCUT2D eigenvalue weighted by atomic mass is 32.1. The Labute approximate surface area is 131 Å². The molecule has 0 unspecified atom stereocenters. The fraction of sp³-hybridized carbons (Fsp3) is 0.471. The van der Waals surface area contributed by atoms with Crippen LogP contribution in [0.2, 0.25) is 0 Å². The molecule has 21 heavy (non-hydrogen) atoms. The molecule has 0 saturated carbocycles. The van der Waals surface area contributed by atoms with Gasteiger partial charge in [0, 0.05) is 30.0 Å². The van der Waals surface area contributed by atoms with Gasteiger partial charge in [0.1, 0.15) is 0 Å². The summed E-state index contributed by atoms with van der Waals surface area (Å²) in [5.41, 5.74) is 2.32. The van der Waals surface area contributed by atoms with Crippen LogP contribution in [0.25, 0.3) is 11.3 Å². The van der Waals surface area contributed by atoms with Crippen molar-refractivity contribution < 1.29 is 4.74 Å². The van der Waals surface area contributed by atoms with Crippen LogP contribution in [0.1, 0.15) is 30.2 Å². The van der Waals surface area contributed by atoms with Gasteiger partial charge in [-0.05, 0) is 19.9 Å². The molecule has 0 amide bonds. The van der Waals surface area contributed by atoms with Gasteiger partial charge in [-0.15, -0.1) is 11.3 Å². The molecule has 114 valence electrons. The average Bonchev–Trinajstić information content (AvgIpc) is 2.92. The van der Waals surface area contributed by atoms with Crippen molar-refractivity contribution in [1.82, 2.24) is 10.3 Å². The quantitative estimate of drug-likeness (QED) is 0.714. The van der Waals surface area contributed by atoms with E-state index in [1.807, 2.05) is 13.0 Å². The van der Waals surface area contributed by atoms with E-state index in [1.165, 1.54) is 10.4 Å². The van der Waals surface area contributed by atoms with E-state index in [0.717, 1.165) is 49.8 Å². The van der Waals surface area contributed by atoms with Crippen molar-refractivity contribution in [3.8, 4) is 11.3 Å². The summed E-state index contributed by atoms with van der Waals surface area (Å²) in [7, 11) is 0. The minimum Gasteiger partial charge on any atom is -0.381 e. The Balaban J connectivity index is 2.15. The molecule has 0 saturated heterocycles. The third-order valence-corrected chi connectivity index (χ3v) is 4.28. The summed E-state index contributed by atoms with van der Waals surface area (Å²) in [6, 6.07) is 10.4. The predicted molar refractivity (Wildman–Crippen MR) is 89.7 cm³/mol. The molecule has 0 atom stereocenters. The van der Waals surface area contributed by atoms with Crippen molar-refractivity contribution in [3.05, 3.63) is 40.2 Å². The van der Waals surface area contributed by atoms with Crippen LogP contribution < -0.4 is 5.32 Å². The van der Waals surface area contributed by atoms with Gasteiger partial charge in [0.15, 0.2) is 0 Å². The van der Waals surface area contributed by atoms with Crippen LogP contribution in [0.4, 0.5) is 0 Å². The lowest BCUT2D eigenvalue weighted by atomic mass is 10.1. The number of hydrogen-bond donors (Lipinski definition) is 1. The van der Waals surface area contributed by atoms with Gasteiger partial charge in [0.2, 0.25) is 0 Å². The molecule has 0 bridgehead atoms. The Bertz CT molecular complexity index is 525. The van der Waals surface area contributed by atoms with Crippen LogP contribution in [-0.2, 0) is 17.7 Å². The lowest BCUT2D eigenvalue weighted by Gasteiger charge is -2.03. The van der Waals surface area contributed by atoms with E-state index in [-0.39, 0.29) is 0 Å². The summed E-state index contributed by atoms with van der Waals surface area (Å²) < 4.78 is 5.44. The van der Waals surface area contributed by atoms with E-state index < -0.39 is 0 Å². The lowest BCUT2D eigenvalue weighted by Crippen LogP contribution is -2.13. The van der Waals surface area contributed by atoms with Gasteiger partial charge < -0.3 is 10.1 Å². The summed E-state index contributed by atoms with van der Waals surface area (Å²) in [5, 5.41) is 4.64. The molecule has 1 aromatic carbocycles. The van der Waals surface area contributed by atoms with E-state index in [2.05, 4.69) is 36.5 Å². The van der Waals surface area contributed by atoms with Crippen molar-refractivity contribution in [2.75, 3.05) is 19.8 Å². The predicted octanol–water partition coefficient (Wildman–Crippen LogP) is 3.89. The largest absolute Gasteiger partial charge is 0.381 e. The molecule has 4 heteroatoms. The van der Waals surface area contributed by atoms with E-state index >= 15 is 0 Å². The maximum Gasteiger partial charge on any atom is 0.0958 e. The molecule has 1 aromatic heterocycles. The SMILES string of the molecule is CCCNCc1sc(CCOCC)nc1-c1ccccc1. The summed E-state index contributed by atoms with van der Waals surface area (Å²) in [4.78, 5) is 6.15. The highest BCUT2D eigenvalue weighted by Gasteiger charge is 2.12. The van der Waals surface area contributed by atoms with Gasteiger partial charge in [0.05, 0.1) is 17.3 Å². The molecule has 0 spiro atoms. The molecular formula is C17H24N2OS. The first-order valence-electron chi connectivity index (χ1n) is 7.67. The molecule has 1 heterocycles. The summed E-state index contributed by atoms with van der Waals surface area (Å²) in [6.45, 7) is 7.66. The van der Waals surface area contributed by atoms with E-state index in [9.17, 15) is 0 Å². The first kappa shape index (κ1) is 16.1. The van der Waals surface area contributed by atoms with Gasteiger partial charge in [-0.2, -0.15) is 0 Å². The first-order chi connectivity index (χ1) is 10.3. The minimum absolute atomic E-state index is 0.750. The highest BCUT2D eigenvalue weighted by molar-refractivity contribution is 7.12. The zero-order chi connectivity index (χ0) is 14.9. The second-order valence-corrected chi connectivity index (χ2v) is 6.04. The number of thiazole rings is 1. The molecule has 1 N–H and O–H groups in total. The van der Waals surface area contributed by atoms with Crippen LogP contribution in [-0.4, -0.2) is 24.7 Å². The smallest absolute Gasteiger partial charge is 0.0958 e. The van der Waals surface area contributed by atoms with Crippen LogP contribution in [0.15, 0.2) is 30.3 Å². The fourth-order valence-electron chi connectivity index (χ4n) is 2.13. The van der Waals surface area contributed by atoms with Gasteiger partial charge in [-0.3, -0.25) is 0 Å². The molecule has 0 radical (unpaired) electrons. The summed E-state index contributed by atoms with van der Waals surface area (Å²) in [5.74, 6) is 0. The Morgan fingerprint density at radius 1 is 1.19 bits per heavy atom. The molecule has 3 nitrogen and oxygen atoms in total. The van der Waals surface area contributed by atoms with E-state index in [1.54, 1.807) is 11.3 Å². The lowest BCUT2D eigenvalue weighted by molar-refractivity contribution is 0.151. The second kappa shape index (κ2) is 8.93. The molecule has 0 fully saturated rings. The monoisotopic (exact) mass is 304 g/mol. The Morgan fingerprint density at radius 3 is 2.71 bits per heavy atom. The first-order valence-corrected chi connectivity index (χ1v) is 8.49. The van der Waals surface area contributed by atoms with Crippen LogP contribution >= 0.6 is 11.3 Å². The number of aromatic nitrogens is 1. The molecule has 0 aliphatic carbocycles. The summed E-state index contributed by atoms with van der Waals surface area (Å²) in [6.07, 6.45) is 2.04. The van der Waals surface area contributed by atoms with Crippen molar-refractivity contribution in [1.29, 1.82) is 0 Å². The van der Waals surface area contributed by atoms with Gasteiger partial charge >= 0.3 is 0 Å². The van der Waals surface area contributed by atoms with Crippen LogP contribution in [0.5, 0.6) is 0 Å². The minimum atomic E-state index is 0.750. The number of nitrogens with one attached hydrogen (secondary N) is 1. The Hall–Kier alpha value is -1.23. The fourth-order valence-corrected chi connectivity index (χ4v) is 3.17. The molecular weight excluding hydrogens is 280 g/mol. The average molecular weight is 304 g/mol. The van der Waals surface area contributed by atoms with Crippen molar-refractivity contribution in [2.45, 2.75) is 33.2 Å². The van der Waals surface area contributed by atoms with Crippen LogP contribution in [0, 0.1) is 0 Å². The highest BCUT2D eigenvalue weighted by Crippen LogP contribution is 2.28. The van der Waals surface area contributed by atoms with Gasteiger partial charge in [-0.1, -0.05) is 37.3 Å². The zero-order valence-electron chi connectivity index (χ0n) is 12.9. The maximum atomic E-state index is 5.44. The summed E-state index contributed by atoms with van der Waals surface area (Å²) >= 11 is 1.80. The molecule has 0 aliphatic heterocycles. The topological polar surface area (TPSA) is 34.1 Å². The van der Waals surface area contributed by atoms with Crippen LogP contribution in [0.3, 0.4) is 0 Å². The molecule has 0 aliphatic rings. The number of benzene rings is 1. The standard InChI is InChI=1S/C17H24N2OS/c1-3-11-18-13-15-17(14-8-6-5-7-9-14)19-16(21-15)10-12-20-4-2/h5-9,18H,3-4,10-13H2,1-2H3. The number of rotatable bonds is 9. The Kier molecular flexibility index (Phi) is 6.86. The number of ether oxygens (including phenoxy) is 1. The third-order valence-electron chi connectivity index (χ3n) is 3.17. The normalized spacial score (nSPS) is 11.0. The van der Waals surface area contributed by atoms with Crippen molar-refractivity contribution >= 4 is 11.3 Å². The number of hydrogen-bond acceptors (Lipinski definition) is 4. The molecule has 2 aromatic rings. The van der Waals surface area contributed by atoms with E-state index in [0.29, 0.717) is 0 Å². The van der Waals surface area contributed by atoms with E-state index in [4.69, 9.17) is 9.72 Å². The van der Waals surface area contributed by atoms with Crippen molar-refractivity contribution in [2.24, 2.45) is 0 Å². The zero-order valence-corrected chi connectivity index (χ0v) is 13.7. The third kappa shape index (κ3) is 4.92. The molecule has 2 rings (SSSR count). The Morgan fingerprint density at radius 2 is 2.00 bits per heavy atom. The maximum absolute atomic E-state index is 5.44. The van der Waals surface area contributed by atoms with Gasteiger partial charge in [-0.25, -0.2) is 4.98 Å². The van der Waals surface area contributed by atoms with Gasteiger partial charge in [0.25, 0.3) is 0 Å².